The molecule has 0 bridgehead atoms. The molecule has 0 spiro atoms. The predicted molar refractivity (Wildman–Crippen MR) is 158 cm³/mol. The number of aryl methyl sites for hydroxylation is 3. The molecule has 0 aromatic heterocycles. The summed E-state index contributed by atoms with van der Waals surface area (Å²) in [6.45, 7) is 2.03. The van der Waals surface area contributed by atoms with E-state index in [1.165, 1.54) is 16.7 Å². The number of aliphatic carboxylic acids is 1. The Morgan fingerprint density at radius 1 is 0.789 bits per heavy atom. The average Bonchev–Trinajstić information content (AvgIpc) is 2.94. The lowest BCUT2D eigenvalue weighted by molar-refractivity contribution is -0.139. The molecule has 0 aliphatic rings. The molecule has 1 amide bonds. The first kappa shape index (κ1) is 27.2. The van der Waals surface area contributed by atoms with Crippen LogP contribution in [0.25, 0.3) is 22.3 Å². The number of carboxylic acids is 1. The number of benzene rings is 4. The van der Waals surface area contributed by atoms with Crippen molar-refractivity contribution in [2.45, 2.75) is 32.2 Å². The molecule has 4 rings (SSSR count). The number of rotatable bonds is 11. The Balaban J connectivity index is 1.60. The molecule has 0 aliphatic carbocycles. The van der Waals surface area contributed by atoms with Gasteiger partial charge in [0, 0.05) is 5.56 Å². The van der Waals surface area contributed by atoms with E-state index in [9.17, 15) is 14.7 Å². The molecule has 4 nitrogen and oxygen atoms in total. The zero-order chi connectivity index (χ0) is 26.9. The summed E-state index contributed by atoms with van der Waals surface area (Å²) in [7, 11) is 0. The minimum Gasteiger partial charge on any atom is -0.480 e. The molecule has 4 aromatic carbocycles. The van der Waals surface area contributed by atoms with E-state index in [0.717, 1.165) is 35.1 Å². The van der Waals surface area contributed by atoms with Gasteiger partial charge in [-0.25, -0.2) is 4.79 Å². The third kappa shape index (κ3) is 6.93. The highest BCUT2D eigenvalue weighted by Gasteiger charge is 2.22. The lowest BCUT2D eigenvalue weighted by Crippen LogP contribution is -2.41. The van der Waals surface area contributed by atoms with Crippen LogP contribution in [0.4, 0.5) is 0 Å². The summed E-state index contributed by atoms with van der Waals surface area (Å²) in [6, 6.07) is 31.9. The van der Waals surface area contributed by atoms with Gasteiger partial charge in [-0.05, 0) is 83.2 Å². The van der Waals surface area contributed by atoms with Crippen LogP contribution >= 0.6 is 11.8 Å². The van der Waals surface area contributed by atoms with Crippen LogP contribution < -0.4 is 5.32 Å². The van der Waals surface area contributed by atoms with Gasteiger partial charge in [-0.3, -0.25) is 4.79 Å². The summed E-state index contributed by atoms with van der Waals surface area (Å²) in [6.07, 6.45) is 4.00. The van der Waals surface area contributed by atoms with Gasteiger partial charge in [0.1, 0.15) is 6.04 Å². The maximum Gasteiger partial charge on any atom is 0.326 e. The summed E-state index contributed by atoms with van der Waals surface area (Å²) < 4.78 is 0. The zero-order valence-corrected chi connectivity index (χ0v) is 22.6. The fraction of sp³-hybridized carbons (Fsp3) is 0.212. The number of carbonyl (C=O) groups is 2. The zero-order valence-electron chi connectivity index (χ0n) is 21.8. The van der Waals surface area contributed by atoms with E-state index in [0.29, 0.717) is 17.7 Å². The Morgan fingerprint density at radius 2 is 1.47 bits per heavy atom. The highest BCUT2D eigenvalue weighted by Crippen LogP contribution is 2.29. The third-order valence-electron chi connectivity index (χ3n) is 6.71. The van der Waals surface area contributed by atoms with Crippen LogP contribution in [0.5, 0.6) is 0 Å². The van der Waals surface area contributed by atoms with Gasteiger partial charge in [0.05, 0.1) is 0 Å². The Hall–Kier alpha value is -3.83. The topological polar surface area (TPSA) is 66.4 Å². The van der Waals surface area contributed by atoms with Crippen LogP contribution in [-0.2, 0) is 17.6 Å². The fourth-order valence-electron chi connectivity index (χ4n) is 4.60. The molecule has 5 heteroatoms. The molecule has 194 valence electrons. The minimum absolute atomic E-state index is 0.362. The summed E-state index contributed by atoms with van der Waals surface area (Å²) in [5, 5.41) is 12.4. The third-order valence-corrected chi connectivity index (χ3v) is 7.36. The first-order valence-electron chi connectivity index (χ1n) is 12.8. The van der Waals surface area contributed by atoms with Crippen LogP contribution in [0.3, 0.4) is 0 Å². The average molecular weight is 524 g/mol. The summed E-state index contributed by atoms with van der Waals surface area (Å²) in [5.41, 5.74) is 8.13. The van der Waals surface area contributed by atoms with Gasteiger partial charge >= 0.3 is 5.97 Å². The molecule has 0 radical (unpaired) electrons. The number of hydrogen-bond acceptors (Lipinski definition) is 3. The van der Waals surface area contributed by atoms with Crippen molar-refractivity contribution >= 4 is 23.6 Å². The van der Waals surface area contributed by atoms with Gasteiger partial charge in [0.25, 0.3) is 5.91 Å². The molecule has 0 saturated carbocycles. The number of thioether (sulfide) groups is 1. The molecule has 2 N–H and O–H groups in total. The molecule has 0 unspecified atom stereocenters. The Labute approximate surface area is 229 Å². The van der Waals surface area contributed by atoms with Crippen molar-refractivity contribution in [1.82, 2.24) is 5.32 Å². The van der Waals surface area contributed by atoms with E-state index in [1.54, 1.807) is 11.8 Å². The summed E-state index contributed by atoms with van der Waals surface area (Å²) in [5.74, 6) is -0.718. The van der Waals surface area contributed by atoms with Crippen LogP contribution in [0, 0.1) is 6.92 Å². The number of hydrogen-bond donors (Lipinski definition) is 2. The Kier molecular flexibility index (Phi) is 9.39. The van der Waals surface area contributed by atoms with Gasteiger partial charge in [0.2, 0.25) is 0 Å². The van der Waals surface area contributed by atoms with Gasteiger partial charge in [-0.15, -0.1) is 0 Å². The molecule has 0 heterocycles. The smallest absolute Gasteiger partial charge is 0.326 e. The minimum atomic E-state index is -1.01. The number of carbonyl (C=O) groups excluding carboxylic acids is 1. The van der Waals surface area contributed by atoms with Crippen molar-refractivity contribution in [1.29, 1.82) is 0 Å². The van der Waals surface area contributed by atoms with Crippen molar-refractivity contribution in [2.75, 3.05) is 12.0 Å². The van der Waals surface area contributed by atoms with E-state index in [1.807, 2.05) is 67.8 Å². The first-order chi connectivity index (χ1) is 18.5. The van der Waals surface area contributed by atoms with E-state index >= 15 is 0 Å². The van der Waals surface area contributed by atoms with Crippen molar-refractivity contribution in [3.8, 4) is 22.3 Å². The SMILES string of the molecule is CSCC[C@H](NC(=O)c1ccc(CCc2cccc(-c3ccccc3)c2)cc1-c1ccccc1C)C(=O)O. The molecule has 0 aliphatic heterocycles. The molecule has 4 aromatic rings. The highest BCUT2D eigenvalue weighted by molar-refractivity contribution is 7.98. The lowest BCUT2D eigenvalue weighted by atomic mass is 9.92. The van der Waals surface area contributed by atoms with E-state index < -0.39 is 12.0 Å². The second-order valence-electron chi connectivity index (χ2n) is 9.41. The normalized spacial score (nSPS) is 11.6. The second-order valence-corrected chi connectivity index (χ2v) is 10.4. The fourth-order valence-corrected chi connectivity index (χ4v) is 5.07. The van der Waals surface area contributed by atoms with Gasteiger partial charge in [0.15, 0.2) is 0 Å². The van der Waals surface area contributed by atoms with E-state index in [2.05, 4.69) is 47.8 Å². The van der Waals surface area contributed by atoms with Gasteiger partial charge in [-0.1, -0.05) is 91.0 Å². The predicted octanol–water partition coefficient (Wildman–Crippen LogP) is 7.05. The van der Waals surface area contributed by atoms with E-state index in [4.69, 9.17) is 0 Å². The van der Waals surface area contributed by atoms with Crippen molar-refractivity contribution in [3.63, 3.8) is 0 Å². The molecular formula is C33H33NO3S. The van der Waals surface area contributed by atoms with Gasteiger partial charge in [-0.2, -0.15) is 11.8 Å². The largest absolute Gasteiger partial charge is 0.480 e. The number of amides is 1. The maximum atomic E-state index is 13.3. The van der Waals surface area contributed by atoms with Crippen molar-refractivity contribution < 1.29 is 14.7 Å². The van der Waals surface area contributed by atoms with E-state index in [-0.39, 0.29) is 5.91 Å². The Bertz CT molecular complexity index is 1400. The number of nitrogens with one attached hydrogen (secondary N) is 1. The van der Waals surface area contributed by atoms with Gasteiger partial charge < -0.3 is 10.4 Å². The molecule has 0 saturated heterocycles. The van der Waals surface area contributed by atoms with Crippen molar-refractivity contribution in [3.05, 3.63) is 119 Å². The summed E-state index contributed by atoms with van der Waals surface area (Å²) in [4.78, 5) is 25.1. The first-order valence-corrected chi connectivity index (χ1v) is 14.2. The van der Waals surface area contributed by atoms with Crippen LogP contribution in [-0.4, -0.2) is 35.0 Å². The standard InChI is InChI=1S/C33H33NO3S/c1-23-9-6-7-14-28(23)30-22-25(17-18-29(30)32(35)34-31(33(36)37)19-20-38-2)16-15-24-10-8-13-27(21-24)26-11-4-3-5-12-26/h3-14,17-18,21-22,31H,15-16,19-20H2,1-2H3,(H,34,35)(H,36,37)/t31-/m0/s1. The Morgan fingerprint density at radius 3 is 2.18 bits per heavy atom. The molecular weight excluding hydrogens is 490 g/mol. The maximum absolute atomic E-state index is 13.3. The molecule has 38 heavy (non-hydrogen) atoms. The molecule has 0 fully saturated rings. The monoisotopic (exact) mass is 523 g/mol. The summed E-state index contributed by atoms with van der Waals surface area (Å²) >= 11 is 1.56. The highest BCUT2D eigenvalue weighted by atomic mass is 32.2. The quantitative estimate of drug-likeness (QED) is 0.221. The number of carboxylic acid groups (broad SMARTS) is 1. The van der Waals surface area contributed by atoms with Crippen molar-refractivity contribution in [2.24, 2.45) is 0 Å². The lowest BCUT2D eigenvalue weighted by Gasteiger charge is -2.18. The van der Waals surface area contributed by atoms with Crippen LogP contribution in [0.1, 0.15) is 33.5 Å². The van der Waals surface area contributed by atoms with Crippen LogP contribution in [0.2, 0.25) is 0 Å². The van der Waals surface area contributed by atoms with Crippen LogP contribution in [0.15, 0.2) is 97.1 Å². The molecule has 1 atom stereocenters. The second kappa shape index (κ2) is 13.1.